The van der Waals surface area contributed by atoms with Crippen molar-refractivity contribution in [1.29, 1.82) is 0 Å². The SMILES string of the molecule is CC(C)c1ccc(S(=O)(=O)N(C)Cc2c(Br)cnn2C)cc1. The van der Waals surface area contributed by atoms with Gasteiger partial charge < -0.3 is 0 Å². The minimum atomic E-state index is -3.52. The molecule has 7 heteroatoms. The normalized spacial score (nSPS) is 12.3. The lowest BCUT2D eigenvalue weighted by Crippen LogP contribution is -2.27. The van der Waals surface area contributed by atoms with Gasteiger partial charge in [-0.3, -0.25) is 4.68 Å². The molecule has 1 aromatic heterocycles. The van der Waals surface area contributed by atoms with Gasteiger partial charge in [0.2, 0.25) is 10.0 Å². The third-order valence-electron chi connectivity index (χ3n) is 3.64. The number of halogens is 1. The van der Waals surface area contributed by atoms with E-state index in [4.69, 9.17) is 0 Å². The van der Waals surface area contributed by atoms with Crippen LogP contribution in [0.5, 0.6) is 0 Å². The molecule has 0 N–H and O–H groups in total. The summed E-state index contributed by atoms with van der Waals surface area (Å²) in [4.78, 5) is 0.303. The average Bonchev–Trinajstić information content (AvgIpc) is 2.79. The minimum Gasteiger partial charge on any atom is -0.270 e. The fourth-order valence-electron chi connectivity index (χ4n) is 2.11. The van der Waals surface area contributed by atoms with Crippen LogP contribution in [0.4, 0.5) is 0 Å². The molecule has 1 heterocycles. The van der Waals surface area contributed by atoms with Crippen molar-refractivity contribution < 1.29 is 8.42 Å². The smallest absolute Gasteiger partial charge is 0.243 e. The van der Waals surface area contributed by atoms with Crippen molar-refractivity contribution in [3.05, 3.63) is 46.2 Å². The number of sulfonamides is 1. The quantitative estimate of drug-likeness (QED) is 0.794. The predicted molar refractivity (Wildman–Crippen MR) is 90.1 cm³/mol. The first-order chi connectivity index (χ1) is 10.2. The Kier molecular flexibility index (Phi) is 5.09. The second-order valence-electron chi connectivity index (χ2n) is 5.55. The molecule has 22 heavy (non-hydrogen) atoms. The average molecular weight is 386 g/mol. The lowest BCUT2D eigenvalue weighted by Gasteiger charge is -2.18. The Bertz CT molecular complexity index is 732. The zero-order chi connectivity index (χ0) is 16.5. The molecule has 0 saturated carbocycles. The molecule has 5 nitrogen and oxygen atoms in total. The third-order valence-corrected chi connectivity index (χ3v) is 6.12. The molecule has 0 aliphatic carbocycles. The van der Waals surface area contributed by atoms with Gasteiger partial charge in [0.15, 0.2) is 0 Å². The number of aryl methyl sites for hydroxylation is 1. The van der Waals surface area contributed by atoms with Crippen LogP contribution in [0, 0.1) is 0 Å². The molecular weight excluding hydrogens is 366 g/mol. The maximum atomic E-state index is 12.6. The lowest BCUT2D eigenvalue weighted by molar-refractivity contribution is 0.452. The summed E-state index contributed by atoms with van der Waals surface area (Å²) < 4.78 is 29.1. The van der Waals surface area contributed by atoms with Crippen LogP contribution in [-0.2, 0) is 23.6 Å². The molecule has 0 fully saturated rings. The topological polar surface area (TPSA) is 55.2 Å². The van der Waals surface area contributed by atoms with E-state index < -0.39 is 10.0 Å². The largest absolute Gasteiger partial charge is 0.270 e. The van der Waals surface area contributed by atoms with Crippen molar-refractivity contribution in [2.45, 2.75) is 31.2 Å². The molecule has 0 unspecified atom stereocenters. The Morgan fingerprint density at radius 2 is 1.86 bits per heavy atom. The lowest BCUT2D eigenvalue weighted by atomic mass is 10.0. The Morgan fingerprint density at radius 3 is 2.32 bits per heavy atom. The fourth-order valence-corrected chi connectivity index (χ4v) is 3.72. The number of aromatic nitrogens is 2. The van der Waals surface area contributed by atoms with E-state index in [1.807, 2.05) is 12.1 Å². The van der Waals surface area contributed by atoms with Gasteiger partial charge in [0.25, 0.3) is 0 Å². The Morgan fingerprint density at radius 1 is 1.27 bits per heavy atom. The van der Waals surface area contributed by atoms with E-state index in [0.29, 0.717) is 10.8 Å². The molecule has 0 amide bonds. The zero-order valence-corrected chi connectivity index (χ0v) is 15.5. The standard InChI is InChI=1S/C15H20BrN3O2S/c1-11(2)12-5-7-13(8-6-12)22(20,21)18(3)10-15-14(16)9-17-19(15)4/h5-9,11H,10H2,1-4H3. The fraction of sp³-hybridized carbons (Fsp3) is 0.400. The van der Waals surface area contributed by atoms with Gasteiger partial charge in [0.1, 0.15) is 0 Å². The molecule has 0 aliphatic rings. The molecule has 0 atom stereocenters. The van der Waals surface area contributed by atoms with Crippen molar-refractivity contribution >= 4 is 26.0 Å². The number of nitrogens with zero attached hydrogens (tertiary/aromatic N) is 3. The molecule has 0 spiro atoms. The van der Waals surface area contributed by atoms with Gasteiger partial charge in [-0.25, -0.2) is 8.42 Å². The first-order valence-electron chi connectivity index (χ1n) is 6.96. The van der Waals surface area contributed by atoms with Crippen LogP contribution in [0.2, 0.25) is 0 Å². The zero-order valence-electron chi connectivity index (χ0n) is 13.1. The minimum absolute atomic E-state index is 0.255. The molecule has 0 radical (unpaired) electrons. The predicted octanol–water partition coefficient (Wildman–Crippen LogP) is 3.13. The van der Waals surface area contributed by atoms with E-state index in [-0.39, 0.29) is 6.54 Å². The number of benzene rings is 1. The summed E-state index contributed by atoms with van der Waals surface area (Å²) >= 11 is 3.39. The Labute approximate surface area is 140 Å². The van der Waals surface area contributed by atoms with E-state index in [9.17, 15) is 8.42 Å². The third kappa shape index (κ3) is 3.42. The molecule has 1 aromatic carbocycles. The highest BCUT2D eigenvalue weighted by molar-refractivity contribution is 9.10. The molecular formula is C15H20BrN3O2S. The van der Waals surface area contributed by atoms with E-state index in [1.54, 1.807) is 37.1 Å². The van der Waals surface area contributed by atoms with Crippen LogP contribution in [0.15, 0.2) is 39.8 Å². The van der Waals surface area contributed by atoms with E-state index in [0.717, 1.165) is 15.7 Å². The Hall–Kier alpha value is -1.18. The van der Waals surface area contributed by atoms with Gasteiger partial charge in [-0.1, -0.05) is 26.0 Å². The van der Waals surface area contributed by atoms with Gasteiger partial charge in [0.05, 0.1) is 27.8 Å². The first kappa shape index (κ1) is 17.2. The molecule has 0 saturated heterocycles. The van der Waals surface area contributed by atoms with Crippen LogP contribution in [0.3, 0.4) is 0 Å². The summed E-state index contributed by atoms with van der Waals surface area (Å²) in [6.07, 6.45) is 1.66. The maximum Gasteiger partial charge on any atom is 0.243 e. The van der Waals surface area contributed by atoms with E-state index >= 15 is 0 Å². The molecule has 2 rings (SSSR count). The Balaban J connectivity index is 2.26. The molecule has 0 aliphatic heterocycles. The summed E-state index contributed by atoms with van der Waals surface area (Å²) in [7, 11) is -0.155. The monoisotopic (exact) mass is 385 g/mol. The summed E-state index contributed by atoms with van der Waals surface area (Å²) in [5, 5.41) is 4.10. The van der Waals surface area contributed by atoms with Crippen LogP contribution < -0.4 is 0 Å². The van der Waals surface area contributed by atoms with Crippen LogP contribution >= 0.6 is 15.9 Å². The van der Waals surface area contributed by atoms with Gasteiger partial charge in [-0.2, -0.15) is 9.40 Å². The summed E-state index contributed by atoms with van der Waals surface area (Å²) in [6.45, 7) is 4.41. The molecule has 2 aromatic rings. The highest BCUT2D eigenvalue weighted by Crippen LogP contribution is 2.22. The van der Waals surface area contributed by atoms with E-state index in [2.05, 4.69) is 34.9 Å². The van der Waals surface area contributed by atoms with Crippen molar-refractivity contribution in [2.75, 3.05) is 7.05 Å². The van der Waals surface area contributed by atoms with Crippen LogP contribution in [0.25, 0.3) is 0 Å². The molecule has 120 valence electrons. The van der Waals surface area contributed by atoms with Crippen LogP contribution in [-0.4, -0.2) is 29.6 Å². The highest BCUT2D eigenvalue weighted by atomic mass is 79.9. The highest BCUT2D eigenvalue weighted by Gasteiger charge is 2.23. The number of hydrogen-bond donors (Lipinski definition) is 0. The van der Waals surface area contributed by atoms with Gasteiger partial charge in [0, 0.05) is 14.1 Å². The summed E-state index contributed by atoms with van der Waals surface area (Å²) in [5.41, 5.74) is 1.93. The summed E-state index contributed by atoms with van der Waals surface area (Å²) in [5.74, 6) is 0.375. The first-order valence-corrected chi connectivity index (χ1v) is 9.19. The van der Waals surface area contributed by atoms with Crippen molar-refractivity contribution in [3.8, 4) is 0 Å². The van der Waals surface area contributed by atoms with Crippen molar-refractivity contribution in [1.82, 2.24) is 14.1 Å². The van der Waals surface area contributed by atoms with Crippen LogP contribution in [0.1, 0.15) is 31.0 Å². The molecule has 0 bridgehead atoms. The number of rotatable bonds is 5. The number of hydrogen-bond acceptors (Lipinski definition) is 3. The summed E-state index contributed by atoms with van der Waals surface area (Å²) in [6, 6.07) is 7.07. The van der Waals surface area contributed by atoms with Crippen molar-refractivity contribution in [3.63, 3.8) is 0 Å². The second-order valence-corrected chi connectivity index (χ2v) is 8.45. The van der Waals surface area contributed by atoms with Gasteiger partial charge in [-0.05, 0) is 39.5 Å². The second kappa shape index (κ2) is 6.52. The van der Waals surface area contributed by atoms with E-state index in [1.165, 1.54) is 4.31 Å². The van der Waals surface area contributed by atoms with Gasteiger partial charge in [-0.15, -0.1) is 0 Å². The maximum absolute atomic E-state index is 12.6. The van der Waals surface area contributed by atoms with Gasteiger partial charge >= 0.3 is 0 Å². The van der Waals surface area contributed by atoms with Crippen molar-refractivity contribution in [2.24, 2.45) is 7.05 Å².